The third kappa shape index (κ3) is 3.60. The van der Waals surface area contributed by atoms with Crippen LogP contribution in [-0.2, 0) is 10.0 Å². The van der Waals surface area contributed by atoms with Crippen LogP contribution in [0.5, 0.6) is 0 Å². The minimum Gasteiger partial charge on any atom is -0.278 e. The highest BCUT2D eigenvalue weighted by Crippen LogP contribution is 2.25. The summed E-state index contributed by atoms with van der Waals surface area (Å²) in [4.78, 5) is 0.350. The van der Waals surface area contributed by atoms with E-state index in [1.54, 1.807) is 22.6 Å². The van der Waals surface area contributed by atoms with Crippen LogP contribution in [0.15, 0.2) is 53.6 Å². The molecule has 1 heterocycles. The molecule has 0 fully saturated rings. The normalized spacial score (nSPS) is 12.1. The van der Waals surface area contributed by atoms with E-state index < -0.39 is 10.0 Å². The number of nitrogens with one attached hydrogen (secondary N) is 1. The van der Waals surface area contributed by atoms with Crippen LogP contribution >= 0.6 is 0 Å². The van der Waals surface area contributed by atoms with Crippen LogP contribution in [0.4, 0.5) is 0 Å². The first-order valence-electron chi connectivity index (χ1n) is 8.60. The molecule has 0 aliphatic carbocycles. The van der Waals surface area contributed by atoms with E-state index >= 15 is 0 Å². The van der Waals surface area contributed by atoms with Crippen LogP contribution in [0.3, 0.4) is 0 Å². The van der Waals surface area contributed by atoms with Gasteiger partial charge in [-0.1, -0.05) is 32.0 Å². The second-order valence-electron chi connectivity index (χ2n) is 6.10. The fraction of sp³-hybridized carbons (Fsp3) is 0.316. The Kier molecular flexibility index (Phi) is 5.20. The van der Waals surface area contributed by atoms with Crippen LogP contribution in [0.2, 0.25) is 0 Å². The van der Waals surface area contributed by atoms with Gasteiger partial charge in [-0.3, -0.25) is 5.10 Å². The van der Waals surface area contributed by atoms with Crippen LogP contribution in [-0.4, -0.2) is 36.0 Å². The Balaban J connectivity index is 1.90. The number of nitrogens with zero attached hydrogens (tertiary/aromatic N) is 2. The average molecular weight is 357 g/mol. The van der Waals surface area contributed by atoms with Gasteiger partial charge in [-0.25, -0.2) is 8.42 Å². The summed E-state index contributed by atoms with van der Waals surface area (Å²) in [7, 11) is -3.43. The number of sulfonamides is 1. The lowest BCUT2D eigenvalue weighted by atomic mass is 10.0. The summed E-state index contributed by atoms with van der Waals surface area (Å²) < 4.78 is 27.2. The van der Waals surface area contributed by atoms with Crippen LogP contribution in [0.25, 0.3) is 22.0 Å². The fourth-order valence-electron chi connectivity index (χ4n) is 2.94. The quantitative estimate of drug-likeness (QED) is 0.694. The number of hydrogen-bond donors (Lipinski definition) is 1. The van der Waals surface area contributed by atoms with Crippen molar-refractivity contribution in [1.29, 1.82) is 0 Å². The van der Waals surface area contributed by atoms with Gasteiger partial charge in [0.1, 0.15) is 0 Å². The second-order valence-corrected chi connectivity index (χ2v) is 8.04. The van der Waals surface area contributed by atoms with Gasteiger partial charge in [0.2, 0.25) is 10.0 Å². The van der Waals surface area contributed by atoms with Crippen molar-refractivity contribution in [1.82, 2.24) is 14.5 Å². The van der Waals surface area contributed by atoms with E-state index in [4.69, 9.17) is 0 Å². The van der Waals surface area contributed by atoms with Crippen LogP contribution < -0.4 is 0 Å². The standard InChI is InChI=1S/C19H23N3O2S/c1-3-11-22(12-4-2)25(23,24)18-8-5-15(6-9-18)16-7-10-19-17(13-16)14-20-21-19/h5-10,13-14H,3-4,11-12H2,1-2H3,(H,20,21). The molecule has 0 aliphatic rings. The molecule has 0 amide bonds. The summed E-state index contributed by atoms with van der Waals surface area (Å²) in [6.45, 7) is 5.09. The summed E-state index contributed by atoms with van der Waals surface area (Å²) in [5.41, 5.74) is 3.01. The molecule has 0 spiro atoms. The highest BCUT2D eigenvalue weighted by atomic mass is 32.2. The van der Waals surface area contributed by atoms with E-state index in [0.717, 1.165) is 34.9 Å². The van der Waals surface area contributed by atoms with Crippen LogP contribution in [0, 0.1) is 0 Å². The number of aromatic nitrogens is 2. The first-order chi connectivity index (χ1) is 12.1. The summed E-state index contributed by atoms with van der Waals surface area (Å²) >= 11 is 0. The van der Waals surface area contributed by atoms with Crippen molar-refractivity contribution in [3.05, 3.63) is 48.7 Å². The molecule has 0 radical (unpaired) electrons. The molecule has 132 valence electrons. The van der Waals surface area contributed by atoms with Gasteiger partial charge in [0.25, 0.3) is 0 Å². The zero-order valence-electron chi connectivity index (χ0n) is 14.6. The van der Waals surface area contributed by atoms with E-state index in [1.807, 2.05) is 44.2 Å². The molecule has 5 nitrogen and oxygen atoms in total. The number of benzene rings is 2. The number of H-pyrrole nitrogens is 1. The highest BCUT2D eigenvalue weighted by Gasteiger charge is 2.22. The van der Waals surface area contributed by atoms with Gasteiger partial charge < -0.3 is 0 Å². The summed E-state index contributed by atoms with van der Waals surface area (Å²) in [5.74, 6) is 0. The largest absolute Gasteiger partial charge is 0.278 e. The van der Waals surface area contributed by atoms with Gasteiger partial charge in [0, 0.05) is 18.5 Å². The van der Waals surface area contributed by atoms with E-state index in [0.29, 0.717) is 18.0 Å². The van der Waals surface area contributed by atoms with Gasteiger partial charge in [-0.05, 0) is 48.2 Å². The molecule has 1 aromatic heterocycles. The minimum absolute atomic E-state index is 0.350. The van der Waals surface area contributed by atoms with E-state index in [2.05, 4.69) is 10.2 Å². The molecule has 0 bridgehead atoms. The Morgan fingerprint density at radius 1 is 0.960 bits per heavy atom. The summed E-state index contributed by atoms with van der Waals surface area (Å²) in [6, 6.07) is 13.2. The van der Waals surface area contributed by atoms with E-state index in [1.165, 1.54) is 0 Å². The number of rotatable bonds is 7. The van der Waals surface area contributed by atoms with Gasteiger partial charge in [-0.15, -0.1) is 0 Å². The van der Waals surface area contributed by atoms with Crippen LogP contribution in [0.1, 0.15) is 26.7 Å². The SMILES string of the molecule is CCCN(CCC)S(=O)(=O)c1ccc(-c2ccc3[nH]ncc3c2)cc1. The van der Waals surface area contributed by atoms with Crippen molar-refractivity contribution in [2.45, 2.75) is 31.6 Å². The molecular weight excluding hydrogens is 334 g/mol. The monoisotopic (exact) mass is 357 g/mol. The van der Waals surface area contributed by atoms with Crippen molar-refractivity contribution in [2.75, 3.05) is 13.1 Å². The number of aromatic amines is 1. The van der Waals surface area contributed by atoms with Gasteiger partial charge in [0.05, 0.1) is 16.6 Å². The highest BCUT2D eigenvalue weighted by molar-refractivity contribution is 7.89. The maximum Gasteiger partial charge on any atom is 0.243 e. The zero-order chi connectivity index (χ0) is 17.9. The topological polar surface area (TPSA) is 66.1 Å². The second kappa shape index (κ2) is 7.37. The summed E-state index contributed by atoms with van der Waals surface area (Å²) in [5, 5.41) is 7.99. The molecule has 0 unspecified atom stereocenters. The average Bonchev–Trinajstić information content (AvgIpc) is 3.09. The molecule has 0 saturated carbocycles. The Bertz CT molecular complexity index is 940. The lowest BCUT2D eigenvalue weighted by Gasteiger charge is -2.21. The molecule has 0 aliphatic heterocycles. The van der Waals surface area contributed by atoms with Crippen molar-refractivity contribution < 1.29 is 8.42 Å². The van der Waals surface area contributed by atoms with Gasteiger partial charge in [0.15, 0.2) is 0 Å². The van der Waals surface area contributed by atoms with Crippen molar-refractivity contribution in [2.24, 2.45) is 0 Å². The predicted octanol–water partition coefficient (Wildman–Crippen LogP) is 4.04. The minimum atomic E-state index is -3.43. The van der Waals surface area contributed by atoms with Crippen molar-refractivity contribution in [3.8, 4) is 11.1 Å². The number of fused-ring (bicyclic) bond motifs is 1. The van der Waals surface area contributed by atoms with E-state index in [9.17, 15) is 8.42 Å². The Morgan fingerprint density at radius 2 is 1.60 bits per heavy atom. The van der Waals surface area contributed by atoms with Crippen molar-refractivity contribution in [3.63, 3.8) is 0 Å². The lowest BCUT2D eigenvalue weighted by molar-refractivity contribution is 0.410. The molecule has 3 aromatic rings. The molecule has 1 N–H and O–H groups in total. The van der Waals surface area contributed by atoms with E-state index in [-0.39, 0.29) is 0 Å². The summed E-state index contributed by atoms with van der Waals surface area (Å²) in [6.07, 6.45) is 3.40. The molecular formula is C19H23N3O2S. The first-order valence-corrected chi connectivity index (χ1v) is 10.0. The van der Waals surface area contributed by atoms with Crippen molar-refractivity contribution >= 4 is 20.9 Å². The van der Waals surface area contributed by atoms with Gasteiger partial charge >= 0.3 is 0 Å². The predicted molar refractivity (Wildman–Crippen MR) is 101 cm³/mol. The first kappa shape index (κ1) is 17.6. The third-order valence-electron chi connectivity index (χ3n) is 4.21. The molecule has 0 atom stereocenters. The molecule has 25 heavy (non-hydrogen) atoms. The third-order valence-corrected chi connectivity index (χ3v) is 6.12. The molecule has 6 heteroatoms. The fourth-order valence-corrected chi connectivity index (χ4v) is 4.57. The zero-order valence-corrected chi connectivity index (χ0v) is 15.4. The lowest BCUT2D eigenvalue weighted by Crippen LogP contribution is -2.32. The molecule has 0 saturated heterocycles. The smallest absolute Gasteiger partial charge is 0.243 e. The molecule has 2 aromatic carbocycles. The Hall–Kier alpha value is -2.18. The maximum absolute atomic E-state index is 12.8. The number of hydrogen-bond acceptors (Lipinski definition) is 3. The Labute approximate surface area is 148 Å². The maximum atomic E-state index is 12.8. The molecule has 3 rings (SSSR count). The Morgan fingerprint density at radius 3 is 2.24 bits per heavy atom. The van der Waals surface area contributed by atoms with Gasteiger partial charge in [-0.2, -0.15) is 9.40 Å².